The third kappa shape index (κ3) is 5.15. The van der Waals surface area contributed by atoms with Crippen LogP contribution in [0.2, 0.25) is 14.2 Å². The second-order valence-electron chi connectivity index (χ2n) is 1.81. The first-order valence-electron chi connectivity index (χ1n) is 3.18. The topological polar surface area (TPSA) is 0 Å². The summed E-state index contributed by atoms with van der Waals surface area (Å²) < 4.78 is 4.56. The standard InChI is InChI=1S/3C2H5.ClH.Ti/c3*1-2;;/h3*1H2,2H3;1H;. The molecule has 0 amide bonds. The molecule has 0 spiro atoms. The Morgan fingerprint density at radius 2 is 1.12 bits per heavy atom. The van der Waals surface area contributed by atoms with E-state index < -0.39 is 17.9 Å². The molecule has 0 aliphatic heterocycles. The Hall–Kier alpha value is 1.00. The normalized spacial score (nSPS) is 7.88. The van der Waals surface area contributed by atoms with Crippen molar-refractivity contribution < 1.29 is 17.9 Å². The maximum atomic E-state index is 2.34. The van der Waals surface area contributed by atoms with Crippen LogP contribution < -0.4 is 0 Å². The molecule has 51 valence electrons. The summed E-state index contributed by atoms with van der Waals surface area (Å²) in [5.41, 5.74) is 0. The van der Waals surface area contributed by atoms with E-state index in [2.05, 4.69) is 20.8 Å². The van der Waals surface area contributed by atoms with Crippen molar-refractivity contribution in [3.63, 3.8) is 0 Å². The smallest absolute Gasteiger partial charge is 0.147 e. The first kappa shape index (κ1) is 11.8. The minimum atomic E-state index is -0.403. The maximum absolute atomic E-state index is 2.34. The van der Waals surface area contributed by atoms with Gasteiger partial charge in [0.15, 0.2) is 0 Å². The predicted octanol–water partition coefficient (Wildman–Crippen LogP) is 3.34. The van der Waals surface area contributed by atoms with Crippen LogP contribution >= 0.6 is 12.4 Å². The van der Waals surface area contributed by atoms with Crippen molar-refractivity contribution in [1.82, 2.24) is 0 Å². The Morgan fingerprint density at radius 1 is 0.875 bits per heavy atom. The Kier molecular flexibility index (Phi) is 11.8. The summed E-state index contributed by atoms with van der Waals surface area (Å²) in [5, 5.41) is 0. The van der Waals surface area contributed by atoms with Crippen LogP contribution in [0.5, 0.6) is 0 Å². The van der Waals surface area contributed by atoms with Gasteiger partial charge in [0.25, 0.3) is 0 Å². The molecule has 0 fully saturated rings. The minimum Gasteiger partial charge on any atom is -0.147 e. The summed E-state index contributed by atoms with van der Waals surface area (Å²) in [7, 11) is 0. The van der Waals surface area contributed by atoms with Crippen LogP contribution in [0, 0.1) is 0 Å². The van der Waals surface area contributed by atoms with E-state index in [1.165, 1.54) is 14.2 Å². The van der Waals surface area contributed by atoms with Gasteiger partial charge in [0.2, 0.25) is 0 Å². The van der Waals surface area contributed by atoms with Crippen molar-refractivity contribution >= 4 is 12.4 Å². The number of hydrogen-bond acceptors (Lipinski definition) is 0. The van der Waals surface area contributed by atoms with E-state index in [0.717, 1.165) is 0 Å². The quantitative estimate of drug-likeness (QED) is 0.572. The zero-order valence-corrected chi connectivity index (χ0v) is 8.41. The van der Waals surface area contributed by atoms with E-state index in [0.29, 0.717) is 0 Å². The average molecular weight is 172 g/mol. The van der Waals surface area contributed by atoms with E-state index in [1.54, 1.807) is 0 Å². The van der Waals surface area contributed by atoms with Gasteiger partial charge in [0.05, 0.1) is 0 Å². The molecular formula is C6H16ClTi. The first-order valence-corrected chi connectivity index (χ1v) is 6.49. The van der Waals surface area contributed by atoms with Crippen LogP contribution in [0.15, 0.2) is 0 Å². The first-order chi connectivity index (χ1) is 3.35. The average Bonchev–Trinajstić information content (AvgIpc) is 1.72. The third-order valence-electron chi connectivity index (χ3n) is 1.50. The molecule has 0 aliphatic rings. The van der Waals surface area contributed by atoms with E-state index in [-0.39, 0.29) is 12.4 Å². The van der Waals surface area contributed by atoms with Gasteiger partial charge in [-0.25, -0.2) is 0 Å². The van der Waals surface area contributed by atoms with Gasteiger partial charge in [-0.2, -0.15) is 0 Å². The van der Waals surface area contributed by atoms with Crippen LogP contribution in [-0.2, 0) is 17.9 Å². The van der Waals surface area contributed by atoms with E-state index >= 15 is 0 Å². The van der Waals surface area contributed by atoms with Crippen molar-refractivity contribution in [1.29, 1.82) is 0 Å². The predicted molar refractivity (Wildman–Crippen MR) is 38.7 cm³/mol. The molecule has 0 bridgehead atoms. The fraction of sp³-hybridized carbons (Fsp3) is 1.00. The second kappa shape index (κ2) is 8.00. The monoisotopic (exact) mass is 171 g/mol. The van der Waals surface area contributed by atoms with Crippen molar-refractivity contribution in [2.75, 3.05) is 0 Å². The van der Waals surface area contributed by atoms with Crippen molar-refractivity contribution in [2.24, 2.45) is 0 Å². The van der Waals surface area contributed by atoms with Gasteiger partial charge < -0.3 is 0 Å². The number of hydrogen-bond donors (Lipinski definition) is 0. The Balaban J connectivity index is 0. The molecule has 2 heteroatoms. The number of halogens is 1. The molecule has 0 aliphatic carbocycles. The third-order valence-corrected chi connectivity index (χ3v) is 6.18. The largest absolute Gasteiger partial charge is 0.147 e. The Labute approximate surface area is 65.3 Å². The summed E-state index contributed by atoms with van der Waals surface area (Å²) in [6, 6.07) is 0. The molecule has 0 aromatic heterocycles. The van der Waals surface area contributed by atoms with Gasteiger partial charge in [-0.15, -0.1) is 12.4 Å². The van der Waals surface area contributed by atoms with Crippen LogP contribution in [0.25, 0.3) is 0 Å². The summed E-state index contributed by atoms with van der Waals surface area (Å²) in [6.45, 7) is 7.01. The molecule has 0 unspecified atom stereocenters. The fourth-order valence-electron chi connectivity index (χ4n) is 0.750. The van der Waals surface area contributed by atoms with Gasteiger partial charge in [0.1, 0.15) is 0 Å². The van der Waals surface area contributed by atoms with E-state index in [1.807, 2.05) is 0 Å². The van der Waals surface area contributed by atoms with Gasteiger partial charge in [0, 0.05) is 0 Å². The zero-order valence-electron chi connectivity index (χ0n) is 6.03. The number of rotatable bonds is 3. The maximum Gasteiger partial charge on any atom is -0.147 e. The Bertz CT molecular complexity index is 30.0. The second-order valence-corrected chi connectivity index (χ2v) is 7.47. The summed E-state index contributed by atoms with van der Waals surface area (Å²) in [4.78, 5) is 0. The molecule has 0 aromatic carbocycles. The van der Waals surface area contributed by atoms with Crippen LogP contribution in [0.1, 0.15) is 20.8 Å². The van der Waals surface area contributed by atoms with Crippen molar-refractivity contribution in [3.05, 3.63) is 0 Å². The molecule has 0 nitrogen and oxygen atoms in total. The fourth-order valence-corrected chi connectivity index (χ4v) is 3.09. The molecule has 0 radical (unpaired) electrons. The van der Waals surface area contributed by atoms with Gasteiger partial charge in [-0.05, 0) is 0 Å². The molecule has 0 atom stereocenters. The van der Waals surface area contributed by atoms with Crippen molar-refractivity contribution in [3.8, 4) is 0 Å². The molecule has 8 heavy (non-hydrogen) atoms. The summed E-state index contributed by atoms with van der Waals surface area (Å²) in [5.74, 6) is 0. The summed E-state index contributed by atoms with van der Waals surface area (Å²) >= 11 is -0.403. The zero-order chi connectivity index (χ0) is 5.70. The molecule has 0 rings (SSSR count). The van der Waals surface area contributed by atoms with Gasteiger partial charge in [-0.1, -0.05) is 0 Å². The van der Waals surface area contributed by atoms with Gasteiger partial charge >= 0.3 is 52.8 Å². The Morgan fingerprint density at radius 3 is 1.12 bits per heavy atom. The van der Waals surface area contributed by atoms with Crippen LogP contribution in [-0.4, -0.2) is 0 Å². The molecular weight excluding hydrogens is 155 g/mol. The molecule has 0 aromatic rings. The SMILES string of the molecule is C[CH2][Ti]([CH2]C)[CH2]C.Cl. The molecule has 0 saturated carbocycles. The van der Waals surface area contributed by atoms with Crippen molar-refractivity contribution in [2.45, 2.75) is 34.9 Å². The van der Waals surface area contributed by atoms with E-state index in [9.17, 15) is 0 Å². The van der Waals surface area contributed by atoms with Crippen LogP contribution in [0.4, 0.5) is 0 Å². The minimum absolute atomic E-state index is 0. The van der Waals surface area contributed by atoms with E-state index in [4.69, 9.17) is 0 Å². The summed E-state index contributed by atoms with van der Waals surface area (Å²) in [6.07, 6.45) is 0. The molecule has 0 saturated heterocycles. The van der Waals surface area contributed by atoms with Crippen LogP contribution in [0.3, 0.4) is 0 Å². The molecule has 0 N–H and O–H groups in total. The van der Waals surface area contributed by atoms with Gasteiger partial charge in [-0.3, -0.25) is 0 Å². The molecule has 0 heterocycles.